The molecule has 3 rings (SSSR count). The lowest BCUT2D eigenvalue weighted by Crippen LogP contribution is -2.42. The van der Waals surface area contributed by atoms with Crippen molar-refractivity contribution in [2.45, 2.75) is 50.6 Å². The van der Waals surface area contributed by atoms with Crippen molar-refractivity contribution in [2.24, 2.45) is 0 Å². The highest BCUT2D eigenvalue weighted by Gasteiger charge is 2.35. The second kappa shape index (κ2) is 8.41. The molecule has 2 aliphatic rings. The van der Waals surface area contributed by atoms with Crippen LogP contribution in [0.1, 0.15) is 36.8 Å². The minimum absolute atomic E-state index is 0.0234. The van der Waals surface area contributed by atoms with E-state index in [1.807, 2.05) is 0 Å². The Bertz CT molecular complexity index is 728. The van der Waals surface area contributed by atoms with E-state index >= 15 is 0 Å². The molecule has 2 atom stereocenters. The number of carbonyl (C=O) groups is 4. The fraction of sp³-hybridized carbons (Fsp3) is 0.500. The second-order valence-corrected chi connectivity index (χ2v) is 7.29. The smallest absolute Gasteiger partial charge is 0.326 e. The van der Waals surface area contributed by atoms with Crippen molar-refractivity contribution in [3.8, 4) is 0 Å². The van der Waals surface area contributed by atoms with Gasteiger partial charge in [-0.3, -0.25) is 9.59 Å². The number of likely N-dealkylation sites (tertiary alicyclic amines) is 2. The maximum absolute atomic E-state index is 12.7. The number of nitrogens with zero attached hydrogens (tertiary/aromatic N) is 2. The van der Waals surface area contributed by atoms with Crippen molar-refractivity contribution >= 4 is 23.8 Å². The third-order valence-electron chi connectivity index (χ3n) is 5.52. The summed E-state index contributed by atoms with van der Waals surface area (Å²) in [5.74, 6) is -2.53. The van der Waals surface area contributed by atoms with Gasteiger partial charge < -0.3 is 20.0 Å². The Balaban J connectivity index is 1.71. The molecule has 2 heterocycles. The molecule has 0 radical (unpaired) electrons. The molecule has 28 heavy (non-hydrogen) atoms. The standard InChI is InChI=1S/C20H24N2O6/c23-17(21-9-3-7-15(21)19(25)26)11-13-5-1-2-6-14(13)12-18(24)22-10-4-8-16(22)20(27)28/h1-2,5-6,15-16H,3-4,7-12H2,(H,25,26)(H,27,28). The van der Waals surface area contributed by atoms with Crippen molar-refractivity contribution in [1.82, 2.24) is 9.80 Å². The number of carboxylic acid groups (broad SMARTS) is 2. The van der Waals surface area contributed by atoms with Gasteiger partial charge in [0.2, 0.25) is 11.8 Å². The van der Waals surface area contributed by atoms with E-state index in [-0.39, 0.29) is 24.7 Å². The van der Waals surface area contributed by atoms with E-state index in [1.54, 1.807) is 24.3 Å². The van der Waals surface area contributed by atoms with Crippen LogP contribution < -0.4 is 0 Å². The summed E-state index contributed by atoms with van der Waals surface area (Å²) in [4.78, 5) is 50.7. The molecule has 8 nitrogen and oxygen atoms in total. The van der Waals surface area contributed by atoms with Crippen LogP contribution in [0.3, 0.4) is 0 Å². The van der Waals surface area contributed by atoms with Crippen LogP contribution in [0.4, 0.5) is 0 Å². The number of aliphatic carboxylic acids is 2. The second-order valence-electron chi connectivity index (χ2n) is 7.29. The highest BCUT2D eigenvalue weighted by molar-refractivity contribution is 5.87. The van der Waals surface area contributed by atoms with E-state index in [9.17, 15) is 29.4 Å². The highest BCUT2D eigenvalue weighted by atomic mass is 16.4. The Morgan fingerprint density at radius 2 is 1.18 bits per heavy atom. The average Bonchev–Trinajstić information content (AvgIpc) is 3.33. The summed E-state index contributed by atoms with van der Waals surface area (Å²) < 4.78 is 0. The molecule has 8 heteroatoms. The summed E-state index contributed by atoms with van der Waals surface area (Å²) in [5.41, 5.74) is 1.34. The van der Waals surface area contributed by atoms with E-state index < -0.39 is 24.0 Å². The normalized spacial score (nSPS) is 21.7. The molecule has 0 bridgehead atoms. The lowest BCUT2D eigenvalue weighted by Gasteiger charge is -2.23. The van der Waals surface area contributed by atoms with E-state index in [2.05, 4.69) is 0 Å². The number of amides is 2. The first-order chi connectivity index (χ1) is 13.4. The van der Waals surface area contributed by atoms with Gasteiger partial charge in [0.25, 0.3) is 0 Å². The predicted molar refractivity (Wildman–Crippen MR) is 98.6 cm³/mol. The van der Waals surface area contributed by atoms with E-state index in [1.165, 1.54) is 9.80 Å². The zero-order valence-electron chi connectivity index (χ0n) is 15.5. The Morgan fingerprint density at radius 1 is 0.786 bits per heavy atom. The third-order valence-corrected chi connectivity index (χ3v) is 5.52. The summed E-state index contributed by atoms with van der Waals surface area (Å²) in [6.07, 6.45) is 2.27. The molecule has 0 saturated carbocycles. The fourth-order valence-electron chi connectivity index (χ4n) is 4.08. The maximum atomic E-state index is 12.7. The fourth-order valence-corrected chi connectivity index (χ4v) is 4.08. The van der Waals surface area contributed by atoms with Gasteiger partial charge in [-0.25, -0.2) is 9.59 Å². The maximum Gasteiger partial charge on any atom is 0.326 e. The number of rotatable bonds is 6. The first-order valence-corrected chi connectivity index (χ1v) is 9.50. The van der Waals surface area contributed by atoms with Gasteiger partial charge in [-0.2, -0.15) is 0 Å². The summed E-state index contributed by atoms with van der Waals surface area (Å²) in [7, 11) is 0. The Kier molecular flexibility index (Phi) is 5.96. The predicted octanol–water partition coefficient (Wildman–Crippen LogP) is 0.923. The first-order valence-electron chi connectivity index (χ1n) is 9.50. The molecule has 0 aliphatic carbocycles. The van der Waals surface area contributed by atoms with Gasteiger partial charge >= 0.3 is 11.9 Å². The third kappa shape index (κ3) is 4.16. The van der Waals surface area contributed by atoms with Gasteiger partial charge in [-0.05, 0) is 36.8 Å². The van der Waals surface area contributed by atoms with E-state index in [0.29, 0.717) is 49.9 Å². The van der Waals surface area contributed by atoms with Gasteiger partial charge in [0.1, 0.15) is 12.1 Å². The zero-order valence-corrected chi connectivity index (χ0v) is 15.5. The Labute approximate surface area is 162 Å². The zero-order chi connectivity index (χ0) is 20.3. The van der Waals surface area contributed by atoms with Crippen molar-refractivity contribution in [2.75, 3.05) is 13.1 Å². The van der Waals surface area contributed by atoms with Crippen LogP contribution in [0.2, 0.25) is 0 Å². The minimum atomic E-state index is -0.997. The van der Waals surface area contributed by atoms with Gasteiger partial charge in [0.05, 0.1) is 12.8 Å². The van der Waals surface area contributed by atoms with Gasteiger partial charge in [-0.15, -0.1) is 0 Å². The average molecular weight is 388 g/mol. The Morgan fingerprint density at radius 3 is 1.54 bits per heavy atom. The van der Waals surface area contributed by atoms with Gasteiger partial charge in [0.15, 0.2) is 0 Å². The summed E-state index contributed by atoms with van der Waals surface area (Å²) >= 11 is 0. The molecule has 1 aromatic carbocycles. The summed E-state index contributed by atoms with van der Waals surface area (Å²) in [6, 6.07) is 5.47. The summed E-state index contributed by atoms with van der Waals surface area (Å²) in [5, 5.41) is 18.5. The number of hydrogen-bond acceptors (Lipinski definition) is 4. The van der Waals surface area contributed by atoms with Crippen molar-refractivity contribution in [1.29, 1.82) is 0 Å². The quantitative estimate of drug-likeness (QED) is 0.749. The lowest BCUT2D eigenvalue weighted by atomic mass is 10.00. The first kappa shape index (κ1) is 19.9. The number of carbonyl (C=O) groups excluding carboxylic acids is 2. The van der Waals surface area contributed by atoms with Crippen LogP contribution in [0, 0.1) is 0 Å². The molecule has 2 amide bonds. The van der Waals surface area contributed by atoms with Crippen LogP contribution in [0.25, 0.3) is 0 Å². The molecule has 2 saturated heterocycles. The van der Waals surface area contributed by atoms with Crippen LogP contribution in [0.5, 0.6) is 0 Å². The van der Waals surface area contributed by atoms with E-state index in [0.717, 1.165) is 0 Å². The number of carboxylic acids is 2. The number of hydrogen-bond donors (Lipinski definition) is 2. The van der Waals surface area contributed by atoms with Gasteiger partial charge in [0, 0.05) is 13.1 Å². The molecule has 1 aromatic rings. The highest BCUT2D eigenvalue weighted by Crippen LogP contribution is 2.22. The van der Waals surface area contributed by atoms with E-state index in [4.69, 9.17) is 0 Å². The van der Waals surface area contributed by atoms with Crippen molar-refractivity contribution in [3.63, 3.8) is 0 Å². The van der Waals surface area contributed by atoms with Crippen LogP contribution >= 0.6 is 0 Å². The molecule has 0 aromatic heterocycles. The van der Waals surface area contributed by atoms with Gasteiger partial charge in [-0.1, -0.05) is 24.3 Å². The minimum Gasteiger partial charge on any atom is -0.480 e. The molecule has 2 aliphatic heterocycles. The molecule has 0 spiro atoms. The van der Waals surface area contributed by atoms with Crippen LogP contribution in [-0.2, 0) is 32.0 Å². The topological polar surface area (TPSA) is 115 Å². The number of benzene rings is 1. The summed E-state index contributed by atoms with van der Waals surface area (Å²) in [6.45, 7) is 0.843. The van der Waals surface area contributed by atoms with Crippen molar-refractivity contribution in [3.05, 3.63) is 35.4 Å². The van der Waals surface area contributed by atoms with Crippen LogP contribution in [0.15, 0.2) is 24.3 Å². The monoisotopic (exact) mass is 388 g/mol. The lowest BCUT2D eigenvalue weighted by molar-refractivity contribution is -0.148. The molecular formula is C20H24N2O6. The Hall–Kier alpha value is -2.90. The molecule has 150 valence electrons. The largest absolute Gasteiger partial charge is 0.480 e. The molecule has 2 unspecified atom stereocenters. The molecule has 2 N–H and O–H groups in total. The SMILES string of the molecule is O=C(O)C1CCCN1C(=O)Cc1ccccc1CC(=O)N1CCCC1C(=O)O. The van der Waals surface area contributed by atoms with Crippen molar-refractivity contribution < 1.29 is 29.4 Å². The van der Waals surface area contributed by atoms with Crippen LogP contribution in [-0.4, -0.2) is 68.9 Å². The molecule has 2 fully saturated rings. The molecular weight excluding hydrogens is 364 g/mol.